The fourth-order valence-electron chi connectivity index (χ4n) is 1.89. The zero-order valence-electron chi connectivity index (χ0n) is 7.41. The average Bonchev–Trinajstić information content (AvgIpc) is 2.11. The smallest absolute Gasteiger partial charge is 0.335 e. The van der Waals surface area contributed by atoms with E-state index in [1.807, 2.05) is 0 Å². The van der Waals surface area contributed by atoms with Gasteiger partial charge in [-0.3, -0.25) is 8.78 Å². The van der Waals surface area contributed by atoms with Gasteiger partial charge in [0, 0.05) is 5.41 Å². The van der Waals surface area contributed by atoms with E-state index < -0.39 is 36.4 Å². The lowest BCUT2D eigenvalue weighted by molar-refractivity contribution is -0.209. The number of carboxylic acid groups (broad SMARTS) is 1. The number of carbonyl (C=O) groups is 1. The predicted octanol–water partition coefficient (Wildman–Crippen LogP) is -0.118. The maximum atomic E-state index is 12.3. The summed E-state index contributed by atoms with van der Waals surface area (Å²) < 4.78 is 24.6. The van der Waals surface area contributed by atoms with Crippen LogP contribution in [-0.4, -0.2) is 46.3 Å². The summed E-state index contributed by atoms with van der Waals surface area (Å²) in [6, 6.07) is 0. The van der Waals surface area contributed by atoms with Crippen LogP contribution in [0.5, 0.6) is 0 Å². The van der Waals surface area contributed by atoms with Crippen LogP contribution < -0.4 is 0 Å². The monoisotopic (exact) mass is 210 g/mol. The van der Waals surface area contributed by atoms with Crippen molar-refractivity contribution in [2.24, 2.45) is 5.41 Å². The summed E-state index contributed by atoms with van der Waals surface area (Å²) in [6.45, 7) is -1.92. The first-order valence-corrected chi connectivity index (χ1v) is 4.14. The lowest BCUT2D eigenvalue weighted by atomic mass is 9.58. The highest BCUT2D eigenvalue weighted by Gasteiger charge is 2.59. The van der Waals surface area contributed by atoms with Crippen molar-refractivity contribution in [3.05, 3.63) is 0 Å². The molecule has 1 unspecified atom stereocenters. The number of halogens is 2. The van der Waals surface area contributed by atoms with Gasteiger partial charge in [-0.15, -0.1) is 0 Å². The summed E-state index contributed by atoms with van der Waals surface area (Å²) >= 11 is 0. The largest absolute Gasteiger partial charge is 0.479 e. The second kappa shape index (κ2) is 3.43. The Morgan fingerprint density at radius 2 is 1.79 bits per heavy atom. The maximum absolute atomic E-state index is 12.3. The number of alkyl halides is 2. The SMILES string of the molecule is O=C(O)C(O)C1(O)CC(CF)(CF)C1. The molecule has 14 heavy (non-hydrogen) atoms. The molecule has 1 saturated carbocycles. The molecular formula is C8H12F2O4. The van der Waals surface area contributed by atoms with Gasteiger partial charge in [0.25, 0.3) is 0 Å². The van der Waals surface area contributed by atoms with Crippen molar-refractivity contribution in [1.29, 1.82) is 0 Å². The number of carboxylic acids is 1. The first-order valence-electron chi connectivity index (χ1n) is 4.14. The zero-order valence-corrected chi connectivity index (χ0v) is 7.41. The Morgan fingerprint density at radius 3 is 2.07 bits per heavy atom. The summed E-state index contributed by atoms with van der Waals surface area (Å²) in [4.78, 5) is 10.3. The summed E-state index contributed by atoms with van der Waals surface area (Å²) in [5.74, 6) is -1.58. The van der Waals surface area contributed by atoms with Gasteiger partial charge in [-0.1, -0.05) is 0 Å². The van der Waals surface area contributed by atoms with Gasteiger partial charge in [-0.05, 0) is 12.8 Å². The van der Waals surface area contributed by atoms with Crippen molar-refractivity contribution in [2.45, 2.75) is 24.5 Å². The molecule has 1 fully saturated rings. The van der Waals surface area contributed by atoms with Gasteiger partial charge in [0.05, 0.1) is 13.3 Å². The van der Waals surface area contributed by atoms with Crippen LogP contribution in [0, 0.1) is 5.41 Å². The number of hydrogen-bond acceptors (Lipinski definition) is 3. The quantitative estimate of drug-likeness (QED) is 0.604. The van der Waals surface area contributed by atoms with Crippen molar-refractivity contribution >= 4 is 5.97 Å². The topological polar surface area (TPSA) is 77.8 Å². The van der Waals surface area contributed by atoms with E-state index in [-0.39, 0.29) is 12.8 Å². The van der Waals surface area contributed by atoms with Crippen molar-refractivity contribution in [3.63, 3.8) is 0 Å². The third-order valence-corrected chi connectivity index (χ3v) is 2.67. The minimum Gasteiger partial charge on any atom is -0.479 e. The second-order valence-electron chi connectivity index (χ2n) is 3.97. The molecule has 0 heterocycles. The molecule has 0 saturated heterocycles. The Bertz CT molecular complexity index is 231. The summed E-state index contributed by atoms with van der Waals surface area (Å²) in [7, 11) is 0. The molecule has 0 amide bonds. The fourth-order valence-corrected chi connectivity index (χ4v) is 1.89. The Morgan fingerprint density at radius 1 is 1.36 bits per heavy atom. The number of aliphatic carboxylic acids is 1. The highest BCUT2D eigenvalue weighted by Crippen LogP contribution is 2.50. The van der Waals surface area contributed by atoms with E-state index >= 15 is 0 Å². The van der Waals surface area contributed by atoms with Crippen LogP contribution in [0.15, 0.2) is 0 Å². The first kappa shape index (κ1) is 11.3. The van der Waals surface area contributed by atoms with Crippen LogP contribution in [0.3, 0.4) is 0 Å². The van der Waals surface area contributed by atoms with Crippen molar-refractivity contribution in [3.8, 4) is 0 Å². The third kappa shape index (κ3) is 1.59. The number of rotatable bonds is 4. The minimum atomic E-state index is -1.98. The fraction of sp³-hybridized carbons (Fsp3) is 0.875. The Labute approximate surface area is 79.2 Å². The number of aliphatic hydroxyl groups excluding tert-OH is 1. The van der Waals surface area contributed by atoms with Crippen LogP contribution in [0.4, 0.5) is 8.78 Å². The molecule has 0 aromatic rings. The van der Waals surface area contributed by atoms with Gasteiger partial charge in [-0.25, -0.2) is 4.79 Å². The van der Waals surface area contributed by atoms with Gasteiger partial charge >= 0.3 is 5.97 Å². The molecule has 1 rings (SSSR count). The van der Waals surface area contributed by atoms with E-state index in [0.717, 1.165) is 0 Å². The molecule has 0 aliphatic heterocycles. The van der Waals surface area contributed by atoms with E-state index in [2.05, 4.69) is 0 Å². The minimum absolute atomic E-state index is 0.361. The van der Waals surface area contributed by atoms with E-state index in [1.165, 1.54) is 0 Å². The Kier molecular flexibility index (Phi) is 2.78. The van der Waals surface area contributed by atoms with E-state index in [1.54, 1.807) is 0 Å². The first-order chi connectivity index (χ1) is 6.39. The van der Waals surface area contributed by atoms with Crippen LogP contribution in [0.25, 0.3) is 0 Å². The number of hydrogen-bond donors (Lipinski definition) is 3. The lowest BCUT2D eigenvalue weighted by Gasteiger charge is -2.51. The molecule has 82 valence electrons. The standard InChI is InChI=1S/C8H12F2O4/c9-3-7(4-10)1-8(14,2-7)5(11)6(12)13/h5,11,14H,1-4H2,(H,12,13). The molecule has 1 aliphatic rings. The van der Waals surface area contributed by atoms with Gasteiger partial charge in [0.1, 0.15) is 5.60 Å². The Balaban J connectivity index is 2.64. The van der Waals surface area contributed by atoms with Gasteiger partial charge < -0.3 is 15.3 Å². The van der Waals surface area contributed by atoms with Gasteiger partial charge in [0.2, 0.25) is 0 Å². The van der Waals surface area contributed by atoms with Crippen LogP contribution in [-0.2, 0) is 4.79 Å². The molecular weight excluding hydrogens is 198 g/mol. The molecule has 0 aromatic carbocycles. The highest BCUT2D eigenvalue weighted by molar-refractivity contribution is 5.74. The molecule has 6 heteroatoms. The molecule has 1 atom stereocenters. The van der Waals surface area contributed by atoms with Crippen molar-refractivity contribution in [1.82, 2.24) is 0 Å². The summed E-state index contributed by atoms with van der Waals surface area (Å²) in [5.41, 5.74) is -3.19. The molecule has 4 nitrogen and oxygen atoms in total. The molecule has 0 bridgehead atoms. The van der Waals surface area contributed by atoms with E-state index in [4.69, 9.17) is 10.2 Å². The van der Waals surface area contributed by atoms with Gasteiger partial charge in [0.15, 0.2) is 6.10 Å². The van der Waals surface area contributed by atoms with Crippen molar-refractivity contribution < 1.29 is 28.9 Å². The molecule has 0 radical (unpaired) electrons. The van der Waals surface area contributed by atoms with E-state index in [9.17, 15) is 18.7 Å². The second-order valence-corrected chi connectivity index (χ2v) is 3.97. The normalized spacial score (nSPS) is 25.1. The summed E-state index contributed by atoms with van der Waals surface area (Å²) in [5, 5.41) is 26.9. The van der Waals surface area contributed by atoms with Gasteiger partial charge in [-0.2, -0.15) is 0 Å². The maximum Gasteiger partial charge on any atom is 0.335 e. The average molecular weight is 210 g/mol. The number of aliphatic hydroxyl groups is 2. The van der Waals surface area contributed by atoms with Crippen LogP contribution >= 0.6 is 0 Å². The van der Waals surface area contributed by atoms with E-state index in [0.29, 0.717) is 0 Å². The summed E-state index contributed by atoms with van der Waals surface area (Å²) in [6.07, 6.45) is -2.70. The van der Waals surface area contributed by atoms with Crippen LogP contribution in [0.2, 0.25) is 0 Å². The third-order valence-electron chi connectivity index (χ3n) is 2.67. The highest BCUT2D eigenvalue weighted by atomic mass is 19.1. The lowest BCUT2D eigenvalue weighted by Crippen LogP contribution is -2.62. The predicted molar refractivity (Wildman–Crippen MR) is 42.2 cm³/mol. The zero-order chi connectivity index (χ0) is 11.0. The molecule has 0 spiro atoms. The van der Waals surface area contributed by atoms with Crippen LogP contribution in [0.1, 0.15) is 12.8 Å². The molecule has 0 aromatic heterocycles. The van der Waals surface area contributed by atoms with Crippen molar-refractivity contribution in [2.75, 3.05) is 13.3 Å². The Hall–Kier alpha value is -0.750. The molecule has 3 N–H and O–H groups in total. The molecule has 1 aliphatic carbocycles.